The van der Waals surface area contributed by atoms with Crippen LogP contribution in [0.25, 0.3) is 0 Å². The molecule has 0 bridgehead atoms. The Hall–Kier alpha value is -1.73. The van der Waals surface area contributed by atoms with Crippen molar-refractivity contribution in [2.24, 2.45) is 5.92 Å². The number of hydrogen-bond donors (Lipinski definition) is 0. The van der Waals surface area contributed by atoms with Crippen LogP contribution in [-0.2, 0) is 4.74 Å². The van der Waals surface area contributed by atoms with E-state index in [0.717, 1.165) is 12.8 Å². The maximum absolute atomic E-state index is 12.5. The molecule has 8 heteroatoms. The SMILES string of the molecule is COCC1CCCN(C(=O)c2ccnc(Cl)c2[N+](=O)[O-])C1. The van der Waals surface area contributed by atoms with Gasteiger partial charge >= 0.3 is 5.69 Å². The molecule has 1 aliphatic heterocycles. The highest BCUT2D eigenvalue weighted by atomic mass is 35.5. The molecule has 1 aliphatic rings. The lowest BCUT2D eigenvalue weighted by atomic mass is 9.98. The number of likely N-dealkylation sites (tertiary alicyclic amines) is 1. The molecule has 1 amide bonds. The number of methoxy groups -OCH3 is 1. The van der Waals surface area contributed by atoms with Crippen molar-refractivity contribution >= 4 is 23.2 Å². The van der Waals surface area contributed by atoms with Crippen molar-refractivity contribution in [3.8, 4) is 0 Å². The van der Waals surface area contributed by atoms with E-state index in [0.29, 0.717) is 19.7 Å². The summed E-state index contributed by atoms with van der Waals surface area (Å²) in [6.45, 7) is 1.68. The highest BCUT2D eigenvalue weighted by Crippen LogP contribution is 2.28. The number of ether oxygens (including phenoxy) is 1. The molecule has 1 aromatic rings. The Morgan fingerprint density at radius 3 is 3.10 bits per heavy atom. The van der Waals surface area contributed by atoms with Gasteiger partial charge in [-0.05, 0) is 24.8 Å². The number of piperidine rings is 1. The van der Waals surface area contributed by atoms with Crippen molar-refractivity contribution in [3.05, 3.63) is 33.1 Å². The van der Waals surface area contributed by atoms with Gasteiger partial charge in [-0.2, -0.15) is 0 Å². The zero-order valence-electron chi connectivity index (χ0n) is 11.6. The molecule has 2 rings (SSSR count). The zero-order valence-corrected chi connectivity index (χ0v) is 12.4. The summed E-state index contributed by atoms with van der Waals surface area (Å²) in [5.41, 5.74) is -0.448. The molecule has 7 nitrogen and oxygen atoms in total. The maximum Gasteiger partial charge on any atom is 0.319 e. The number of hydrogen-bond acceptors (Lipinski definition) is 5. The molecule has 0 aromatic carbocycles. The summed E-state index contributed by atoms with van der Waals surface area (Å²) in [5, 5.41) is 10.8. The lowest BCUT2D eigenvalue weighted by molar-refractivity contribution is -0.385. The van der Waals surface area contributed by atoms with Crippen LogP contribution in [0, 0.1) is 16.0 Å². The van der Waals surface area contributed by atoms with Gasteiger partial charge in [0.1, 0.15) is 5.56 Å². The predicted octanol–water partition coefficient (Wildman–Crippen LogP) is 2.14. The third-order valence-electron chi connectivity index (χ3n) is 3.50. The highest BCUT2D eigenvalue weighted by Gasteiger charge is 2.30. The third-order valence-corrected chi connectivity index (χ3v) is 3.78. The summed E-state index contributed by atoms with van der Waals surface area (Å²) in [6.07, 6.45) is 3.14. The Bertz CT molecular complexity index is 550. The second-order valence-corrected chi connectivity index (χ2v) is 5.33. The van der Waals surface area contributed by atoms with Gasteiger partial charge in [-0.25, -0.2) is 4.98 Å². The van der Waals surface area contributed by atoms with E-state index in [9.17, 15) is 14.9 Å². The molecule has 0 radical (unpaired) electrons. The van der Waals surface area contributed by atoms with Gasteiger partial charge in [0.05, 0.1) is 11.5 Å². The summed E-state index contributed by atoms with van der Waals surface area (Å²) in [6, 6.07) is 1.34. The Morgan fingerprint density at radius 1 is 1.67 bits per heavy atom. The number of carbonyl (C=O) groups excluding carboxylic acids is 1. The number of rotatable bonds is 4. The second-order valence-electron chi connectivity index (χ2n) is 4.97. The van der Waals surface area contributed by atoms with Gasteiger partial charge in [-0.15, -0.1) is 0 Å². The lowest BCUT2D eigenvalue weighted by Gasteiger charge is -2.32. The average molecular weight is 314 g/mol. The molecule has 21 heavy (non-hydrogen) atoms. The van der Waals surface area contributed by atoms with Crippen LogP contribution >= 0.6 is 11.6 Å². The minimum atomic E-state index is -0.668. The van der Waals surface area contributed by atoms with E-state index in [-0.39, 0.29) is 22.5 Å². The zero-order chi connectivity index (χ0) is 15.4. The first-order valence-electron chi connectivity index (χ1n) is 6.61. The van der Waals surface area contributed by atoms with Gasteiger partial charge in [0, 0.05) is 26.4 Å². The van der Waals surface area contributed by atoms with Crippen molar-refractivity contribution in [2.75, 3.05) is 26.8 Å². The van der Waals surface area contributed by atoms with Crippen LogP contribution in [0.2, 0.25) is 5.15 Å². The first-order chi connectivity index (χ1) is 10.0. The molecule has 1 unspecified atom stereocenters. The van der Waals surface area contributed by atoms with Crippen molar-refractivity contribution in [3.63, 3.8) is 0 Å². The molecule has 0 N–H and O–H groups in total. The summed E-state index contributed by atoms with van der Waals surface area (Å²) in [7, 11) is 1.62. The fourth-order valence-corrected chi connectivity index (χ4v) is 2.79. The molecule has 2 heterocycles. The van der Waals surface area contributed by atoms with Crippen LogP contribution in [0.1, 0.15) is 23.2 Å². The first-order valence-corrected chi connectivity index (χ1v) is 6.99. The quantitative estimate of drug-likeness (QED) is 0.483. The average Bonchev–Trinajstić information content (AvgIpc) is 2.46. The Labute approximate surface area is 127 Å². The molecule has 1 atom stereocenters. The van der Waals surface area contributed by atoms with E-state index in [4.69, 9.17) is 16.3 Å². The normalized spacial score (nSPS) is 18.6. The van der Waals surface area contributed by atoms with Gasteiger partial charge in [0.2, 0.25) is 5.15 Å². The number of pyridine rings is 1. The summed E-state index contributed by atoms with van der Waals surface area (Å²) in [4.78, 5) is 28.2. The Kier molecular flexibility index (Phi) is 5.08. The number of nitro groups is 1. The lowest BCUT2D eigenvalue weighted by Crippen LogP contribution is -2.41. The largest absolute Gasteiger partial charge is 0.384 e. The predicted molar refractivity (Wildman–Crippen MR) is 76.4 cm³/mol. The van der Waals surface area contributed by atoms with E-state index < -0.39 is 10.6 Å². The van der Waals surface area contributed by atoms with Crippen molar-refractivity contribution in [1.29, 1.82) is 0 Å². The Balaban J connectivity index is 2.24. The molecule has 0 saturated carbocycles. The van der Waals surface area contributed by atoms with Crippen molar-refractivity contribution < 1.29 is 14.5 Å². The Morgan fingerprint density at radius 2 is 2.43 bits per heavy atom. The van der Waals surface area contributed by atoms with E-state index in [2.05, 4.69) is 4.98 Å². The summed E-state index contributed by atoms with van der Waals surface area (Å²) in [5.74, 6) is -0.129. The monoisotopic (exact) mass is 313 g/mol. The third kappa shape index (κ3) is 3.48. The van der Waals surface area contributed by atoms with Gasteiger partial charge in [-0.3, -0.25) is 14.9 Å². The van der Waals surface area contributed by atoms with E-state index >= 15 is 0 Å². The summed E-state index contributed by atoms with van der Waals surface area (Å²) >= 11 is 5.74. The molecular weight excluding hydrogens is 298 g/mol. The smallest absolute Gasteiger partial charge is 0.319 e. The standard InChI is InChI=1S/C13H16ClN3O4/c1-21-8-9-3-2-6-16(7-9)13(18)10-4-5-15-12(14)11(10)17(19)20/h4-5,9H,2-3,6-8H2,1H3. The van der Waals surface area contributed by atoms with Crippen LogP contribution in [0.15, 0.2) is 12.3 Å². The first kappa shape index (κ1) is 15.7. The fourth-order valence-electron chi connectivity index (χ4n) is 2.57. The number of halogens is 1. The van der Waals surface area contributed by atoms with Crippen molar-refractivity contribution in [1.82, 2.24) is 9.88 Å². The van der Waals surface area contributed by atoms with Crippen LogP contribution < -0.4 is 0 Å². The van der Waals surface area contributed by atoms with Gasteiger partial charge < -0.3 is 9.64 Å². The maximum atomic E-state index is 12.5. The molecular formula is C13H16ClN3O4. The van der Waals surface area contributed by atoms with E-state index in [1.165, 1.54) is 12.3 Å². The topological polar surface area (TPSA) is 85.6 Å². The number of carbonyl (C=O) groups is 1. The van der Waals surface area contributed by atoms with Gasteiger partial charge in [-0.1, -0.05) is 11.6 Å². The van der Waals surface area contributed by atoms with Crippen LogP contribution in [0.5, 0.6) is 0 Å². The molecule has 1 aromatic heterocycles. The minimum absolute atomic E-state index is 0.0157. The van der Waals surface area contributed by atoms with Gasteiger partial charge in [0.15, 0.2) is 0 Å². The molecule has 114 valence electrons. The highest BCUT2D eigenvalue weighted by molar-refractivity contribution is 6.32. The molecule has 1 saturated heterocycles. The molecule has 1 fully saturated rings. The van der Waals surface area contributed by atoms with Crippen LogP contribution in [0.4, 0.5) is 5.69 Å². The molecule has 0 aliphatic carbocycles. The fraction of sp³-hybridized carbons (Fsp3) is 0.538. The summed E-state index contributed by atoms with van der Waals surface area (Å²) < 4.78 is 5.12. The van der Waals surface area contributed by atoms with Crippen molar-refractivity contribution in [2.45, 2.75) is 12.8 Å². The van der Waals surface area contributed by atoms with E-state index in [1.54, 1.807) is 12.0 Å². The van der Waals surface area contributed by atoms with Gasteiger partial charge in [0.25, 0.3) is 5.91 Å². The van der Waals surface area contributed by atoms with Crippen LogP contribution in [-0.4, -0.2) is 47.5 Å². The second kappa shape index (κ2) is 6.82. The van der Waals surface area contributed by atoms with E-state index in [1.807, 2.05) is 0 Å². The number of aromatic nitrogens is 1. The number of nitrogens with zero attached hydrogens (tertiary/aromatic N) is 3. The van der Waals surface area contributed by atoms with Crippen LogP contribution in [0.3, 0.4) is 0 Å². The molecule has 0 spiro atoms. The minimum Gasteiger partial charge on any atom is -0.384 e. The number of amides is 1.